The summed E-state index contributed by atoms with van der Waals surface area (Å²) in [6.07, 6.45) is 2.61. The molecule has 10 heteroatoms. The van der Waals surface area contributed by atoms with Crippen LogP contribution in [0.3, 0.4) is 0 Å². The summed E-state index contributed by atoms with van der Waals surface area (Å²) in [5.41, 5.74) is 5.78. The van der Waals surface area contributed by atoms with Crippen molar-refractivity contribution in [3.05, 3.63) is 0 Å². The third kappa shape index (κ3) is 5.63. The minimum Gasteiger partial charge on any atom is -0.480 e. The van der Waals surface area contributed by atoms with Gasteiger partial charge in [0.1, 0.15) is 18.1 Å². The summed E-state index contributed by atoms with van der Waals surface area (Å²) >= 11 is 4.05. The van der Waals surface area contributed by atoms with Crippen molar-refractivity contribution >= 4 is 36.3 Å². The fraction of sp³-hybridized carbons (Fsp3) is 0.789. The Morgan fingerprint density at radius 2 is 1.62 bits per heavy atom. The maximum Gasteiger partial charge on any atom is 0.326 e. The standard InChI is InChI=1S/C19H32N4O5S/c1-11(2)9-13(18(26)23-8-4-6-15(23)19(27)28)21-16(24)14-5-3-7-22(14)17(25)12(20)10-29/h11-15,29H,3-10,20H2,1-2H3,(H,21,24)(H,27,28). The number of rotatable bonds is 8. The van der Waals surface area contributed by atoms with E-state index < -0.39 is 36.0 Å². The highest BCUT2D eigenvalue weighted by Crippen LogP contribution is 2.22. The first kappa shape index (κ1) is 23.5. The second-order valence-corrected chi connectivity index (χ2v) is 8.56. The minimum atomic E-state index is -1.03. The van der Waals surface area contributed by atoms with Crippen LogP contribution < -0.4 is 11.1 Å². The van der Waals surface area contributed by atoms with Crippen LogP contribution in [-0.4, -0.2) is 81.6 Å². The van der Waals surface area contributed by atoms with E-state index in [0.717, 1.165) is 0 Å². The van der Waals surface area contributed by atoms with Crippen LogP contribution in [0.1, 0.15) is 46.0 Å². The molecule has 2 heterocycles. The fourth-order valence-electron chi connectivity index (χ4n) is 4.04. The number of carbonyl (C=O) groups is 4. The van der Waals surface area contributed by atoms with Crippen LogP contribution >= 0.6 is 12.6 Å². The number of thiol groups is 1. The average molecular weight is 429 g/mol. The van der Waals surface area contributed by atoms with Gasteiger partial charge >= 0.3 is 5.97 Å². The first-order valence-electron chi connectivity index (χ1n) is 10.2. The van der Waals surface area contributed by atoms with Gasteiger partial charge in [-0.25, -0.2) is 4.79 Å². The maximum atomic E-state index is 13.1. The molecule has 0 aromatic heterocycles. The zero-order chi connectivity index (χ0) is 21.7. The van der Waals surface area contributed by atoms with Crippen LogP contribution in [-0.2, 0) is 19.2 Å². The van der Waals surface area contributed by atoms with Gasteiger partial charge in [0.25, 0.3) is 0 Å². The zero-order valence-electron chi connectivity index (χ0n) is 17.0. The lowest BCUT2D eigenvalue weighted by atomic mass is 10.0. The zero-order valence-corrected chi connectivity index (χ0v) is 17.9. The van der Waals surface area contributed by atoms with Crippen LogP contribution in [0, 0.1) is 5.92 Å². The number of nitrogens with two attached hydrogens (primary N) is 1. The third-order valence-electron chi connectivity index (χ3n) is 5.50. The van der Waals surface area contributed by atoms with Crippen molar-refractivity contribution in [3.63, 3.8) is 0 Å². The first-order chi connectivity index (χ1) is 13.7. The summed E-state index contributed by atoms with van der Waals surface area (Å²) < 4.78 is 0. The van der Waals surface area contributed by atoms with Crippen LogP contribution in [0.15, 0.2) is 0 Å². The van der Waals surface area contributed by atoms with Gasteiger partial charge in [-0.15, -0.1) is 0 Å². The molecule has 2 rings (SSSR count). The van der Waals surface area contributed by atoms with Gasteiger partial charge < -0.3 is 26.0 Å². The van der Waals surface area contributed by atoms with Crippen molar-refractivity contribution in [1.29, 1.82) is 0 Å². The van der Waals surface area contributed by atoms with E-state index in [2.05, 4.69) is 17.9 Å². The van der Waals surface area contributed by atoms with Gasteiger partial charge in [0.15, 0.2) is 0 Å². The van der Waals surface area contributed by atoms with Gasteiger partial charge in [-0.05, 0) is 38.0 Å². The molecule has 4 N–H and O–H groups in total. The van der Waals surface area contributed by atoms with Gasteiger partial charge in [-0.1, -0.05) is 13.8 Å². The SMILES string of the molecule is CC(C)CC(NC(=O)C1CCCN1C(=O)C(N)CS)C(=O)N1CCCC1C(=O)O. The molecule has 29 heavy (non-hydrogen) atoms. The minimum absolute atomic E-state index is 0.119. The van der Waals surface area contributed by atoms with Crippen LogP contribution in [0.4, 0.5) is 0 Å². The molecule has 0 aliphatic carbocycles. The topological polar surface area (TPSA) is 133 Å². The molecule has 0 spiro atoms. The quantitative estimate of drug-likeness (QED) is 0.397. The Bertz CT molecular complexity index is 644. The molecule has 4 unspecified atom stereocenters. The molecular formula is C19H32N4O5S. The maximum absolute atomic E-state index is 13.1. The molecule has 0 aromatic carbocycles. The van der Waals surface area contributed by atoms with Crippen LogP contribution in [0.2, 0.25) is 0 Å². The lowest BCUT2D eigenvalue weighted by molar-refractivity contribution is -0.150. The van der Waals surface area contributed by atoms with E-state index in [4.69, 9.17) is 5.73 Å². The summed E-state index contributed by atoms with van der Waals surface area (Å²) in [6, 6.07) is -3.13. The number of carboxylic acids is 1. The monoisotopic (exact) mass is 428 g/mol. The molecule has 0 radical (unpaired) electrons. The highest BCUT2D eigenvalue weighted by Gasteiger charge is 2.40. The summed E-state index contributed by atoms with van der Waals surface area (Å²) in [6.45, 7) is 4.67. The molecule has 2 aliphatic heterocycles. The molecule has 9 nitrogen and oxygen atoms in total. The van der Waals surface area contributed by atoms with Gasteiger partial charge in [-0.2, -0.15) is 12.6 Å². The van der Waals surface area contributed by atoms with E-state index in [1.165, 1.54) is 9.80 Å². The number of nitrogens with one attached hydrogen (secondary N) is 1. The van der Waals surface area contributed by atoms with Crippen molar-refractivity contribution in [2.24, 2.45) is 11.7 Å². The van der Waals surface area contributed by atoms with Crippen molar-refractivity contribution < 1.29 is 24.3 Å². The fourth-order valence-corrected chi connectivity index (χ4v) is 4.20. The Labute approximate surface area is 176 Å². The van der Waals surface area contributed by atoms with Gasteiger partial charge in [0.05, 0.1) is 6.04 Å². The Morgan fingerprint density at radius 3 is 2.14 bits per heavy atom. The number of amides is 3. The number of carbonyl (C=O) groups excluding carboxylic acids is 3. The predicted molar refractivity (Wildman–Crippen MR) is 110 cm³/mol. The van der Waals surface area contributed by atoms with Crippen molar-refractivity contribution in [3.8, 4) is 0 Å². The molecular weight excluding hydrogens is 396 g/mol. The number of likely N-dealkylation sites (tertiary alicyclic amines) is 2. The average Bonchev–Trinajstić information content (AvgIpc) is 3.34. The number of aliphatic carboxylic acids is 1. The van der Waals surface area contributed by atoms with Gasteiger partial charge in [0.2, 0.25) is 17.7 Å². The summed E-state index contributed by atoms with van der Waals surface area (Å²) in [5.74, 6) is -1.82. The van der Waals surface area contributed by atoms with E-state index in [-0.39, 0.29) is 23.5 Å². The highest BCUT2D eigenvalue weighted by atomic mass is 32.1. The Hall–Kier alpha value is -1.81. The number of hydrogen-bond acceptors (Lipinski definition) is 6. The summed E-state index contributed by atoms with van der Waals surface area (Å²) in [5, 5.41) is 12.2. The molecule has 2 saturated heterocycles. The third-order valence-corrected chi connectivity index (χ3v) is 5.89. The second-order valence-electron chi connectivity index (χ2n) is 8.20. The lowest BCUT2D eigenvalue weighted by Crippen LogP contribution is -2.57. The van der Waals surface area contributed by atoms with E-state index in [1.54, 1.807) is 0 Å². The molecule has 2 fully saturated rings. The number of nitrogens with zero attached hydrogens (tertiary/aromatic N) is 2. The van der Waals surface area contributed by atoms with E-state index in [1.807, 2.05) is 13.8 Å². The van der Waals surface area contributed by atoms with Crippen LogP contribution in [0.5, 0.6) is 0 Å². The highest BCUT2D eigenvalue weighted by molar-refractivity contribution is 7.80. The lowest BCUT2D eigenvalue weighted by Gasteiger charge is -2.31. The van der Waals surface area contributed by atoms with E-state index in [0.29, 0.717) is 45.2 Å². The molecule has 0 bridgehead atoms. The second kappa shape index (κ2) is 10.3. The molecule has 4 atom stereocenters. The van der Waals surface area contributed by atoms with E-state index in [9.17, 15) is 24.3 Å². The Morgan fingerprint density at radius 1 is 1.07 bits per heavy atom. The van der Waals surface area contributed by atoms with Crippen LogP contribution in [0.25, 0.3) is 0 Å². The normalized spacial score (nSPS) is 23.9. The Kier molecular flexibility index (Phi) is 8.33. The van der Waals surface area contributed by atoms with Crippen molar-refractivity contribution in [1.82, 2.24) is 15.1 Å². The first-order valence-corrected chi connectivity index (χ1v) is 10.8. The van der Waals surface area contributed by atoms with Gasteiger partial charge in [0, 0.05) is 18.8 Å². The largest absolute Gasteiger partial charge is 0.480 e. The molecule has 164 valence electrons. The Balaban J connectivity index is 2.12. The summed E-state index contributed by atoms with van der Waals surface area (Å²) in [7, 11) is 0. The molecule has 0 aromatic rings. The molecule has 3 amide bonds. The number of hydrogen-bond donors (Lipinski definition) is 4. The van der Waals surface area contributed by atoms with Crippen molar-refractivity contribution in [2.75, 3.05) is 18.8 Å². The van der Waals surface area contributed by atoms with Crippen molar-refractivity contribution in [2.45, 2.75) is 70.1 Å². The summed E-state index contributed by atoms with van der Waals surface area (Å²) in [4.78, 5) is 52.7. The molecule has 2 aliphatic rings. The van der Waals surface area contributed by atoms with E-state index >= 15 is 0 Å². The molecule has 0 saturated carbocycles. The van der Waals surface area contributed by atoms with Gasteiger partial charge in [-0.3, -0.25) is 14.4 Å². The smallest absolute Gasteiger partial charge is 0.326 e. The predicted octanol–water partition coefficient (Wildman–Crippen LogP) is -0.159. The number of carboxylic acid groups (broad SMARTS) is 1.